The maximum absolute atomic E-state index is 5.57. The highest BCUT2D eigenvalue weighted by Gasteiger charge is 2.20. The highest BCUT2D eigenvalue weighted by atomic mass is 16.5. The molecule has 2 aromatic heterocycles. The monoisotopic (exact) mass is 228 g/mol. The van der Waals surface area contributed by atoms with Crippen molar-refractivity contribution < 1.29 is 4.74 Å². The molecule has 1 aliphatic heterocycles. The highest BCUT2D eigenvalue weighted by Crippen LogP contribution is 2.34. The standard InChI is InChI=1S/C12H12N4O/c1-2-13-12-15-6-10-11(16-12)8-4-3-5-14-9(8)7-17-10/h3-6H,2,7H2,1H3,(H,13,15,16). The van der Waals surface area contributed by atoms with Gasteiger partial charge < -0.3 is 10.1 Å². The number of pyridine rings is 1. The largest absolute Gasteiger partial charge is 0.483 e. The topological polar surface area (TPSA) is 59.9 Å². The zero-order valence-electron chi connectivity index (χ0n) is 9.47. The van der Waals surface area contributed by atoms with Crippen LogP contribution in [0.5, 0.6) is 5.75 Å². The van der Waals surface area contributed by atoms with Crippen LogP contribution < -0.4 is 10.1 Å². The summed E-state index contributed by atoms with van der Waals surface area (Å²) in [6.45, 7) is 3.28. The molecule has 0 amide bonds. The highest BCUT2D eigenvalue weighted by molar-refractivity contribution is 5.70. The fourth-order valence-electron chi connectivity index (χ4n) is 1.83. The van der Waals surface area contributed by atoms with Gasteiger partial charge in [-0.3, -0.25) is 4.98 Å². The maximum Gasteiger partial charge on any atom is 0.223 e. The Labute approximate surface area is 98.9 Å². The van der Waals surface area contributed by atoms with Crippen LogP contribution in [0, 0.1) is 0 Å². The Bertz CT molecular complexity index is 556. The molecule has 0 atom stereocenters. The number of ether oxygens (including phenoxy) is 1. The van der Waals surface area contributed by atoms with Gasteiger partial charge in [0, 0.05) is 18.3 Å². The van der Waals surface area contributed by atoms with Crippen molar-refractivity contribution in [3.63, 3.8) is 0 Å². The van der Waals surface area contributed by atoms with Crippen molar-refractivity contribution in [1.82, 2.24) is 15.0 Å². The number of aromatic nitrogens is 3. The van der Waals surface area contributed by atoms with Gasteiger partial charge in [0.1, 0.15) is 12.3 Å². The molecule has 1 aliphatic rings. The number of rotatable bonds is 2. The van der Waals surface area contributed by atoms with Crippen molar-refractivity contribution in [1.29, 1.82) is 0 Å². The second-order valence-electron chi connectivity index (χ2n) is 3.72. The molecule has 0 saturated heterocycles. The van der Waals surface area contributed by atoms with Gasteiger partial charge in [-0.25, -0.2) is 9.97 Å². The smallest absolute Gasteiger partial charge is 0.223 e. The molecule has 0 aromatic carbocycles. The normalized spacial score (nSPS) is 12.3. The van der Waals surface area contributed by atoms with E-state index in [9.17, 15) is 0 Å². The molecule has 3 heterocycles. The minimum absolute atomic E-state index is 0.479. The van der Waals surface area contributed by atoms with E-state index < -0.39 is 0 Å². The van der Waals surface area contributed by atoms with Gasteiger partial charge in [0.15, 0.2) is 5.75 Å². The summed E-state index contributed by atoms with van der Waals surface area (Å²) in [6.07, 6.45) is 3.47. The number of fused-ring (bicyclic) bond motifs is 3. The first-order chi connectivity index (χ1) is 8.38. The third-order valence-corrected chi connectivity index (χ3v) is 2.60. The lowest BCUT2D eigenvalue weighted by Crippen LogP contribution is -2.11. The van der Waals surface area contributed by atoms with Crippen molar-refractivity contribution >= 4 is 5.95 Å². The van der Waals surface area contributed by atoms with Crippen molar-refractivity contribution in [3.8, 4) is 17.0 Å². The third kappa shape index (κ3) is 1.69. The number of hydrogen-bond donors (Lipinski definition) is 1. The molecule has 5 nitrogen and oxygen atoms in total. The summed E-state index contributed by atoms with van der Waals surface area (Å²) < 4.78 is 5.57. The first kappa shape index (κ1) is 10.0. The second kappa shape index (κ2) is 4.01. The maximum atomic E-state index is 5.57. The second-order valence-corrected chi connectivity index (χ2v) is 3.72. The zero-order chi connectivity index (χ0) is 11.7. The van der Waals surface area contributed by atoms with E-state index in [0.717, 1.165) is 23.5 Å². The van der Waals surface area contributed by atoms with Gasteiger partial charge in [-0.2, -0.15) is 0 Å². The van der Waals surface area contributed by atoms with Crippen LogP contribution in [-0.4, -0.2) is 21.5 Å². The van der Waals surface area contributed by atoms with E-state index in [1.54, 1.807) is 12.4 Å². The van der Waals surface area contributed by atoms with Crippen LogP contribution in [-0.2, 0) is 6.61 Å². The number of hydrogen-bond acceptors (Lipinski definition) is 5. The molecular formula is C12H12N4O. The summed E-state index contributed by atoms with van der Waals surface area (Å²) in [5, 5.41) is 3.09. The van der Waals surface area contributed by atoms with E-state index in [0.29, 0.717) is 18.3 Å². The third-order valence-electron chi connectivity index (χ3n) is 2.60. The minimum atomic E-state index is 0.479. The Hall–Kier alpha value is -2.17. The van der Waals surface area contributed by atoms with Crippen LogP contribution in [0.15, 0.2) is 24.5 Å². The summed E-state index contributed by atoms with van der Waals surface area (Å²) in [4.78, 5) is 12.9. The average molecular weight is 228 g/mol. The number of anilines is 1. The van der Waals surface area contributed by atoms with E-state index in [4.69, 9.17) is 4.74 Å². The van der Waals surface area contributed by atoms with Crippen LogP contribution in [0.25, 0.3) is 11.3 Å². The Balaban J connectivity index is 2.12. The van der Waals surface area contributed by atoms with Gasteiger partial charge in [-0.15, -0.1) is 0 Å². The van der Waals surface area contributed by atoms with Crippen LogP contribution in [0.1, 0.15) is 12.6 Å². The lowest BCUT2D eigenvalue weighted by molar-refractivity contribution is 0.294. The van der Waals surface area contributed by atoms with E-state index in [1.165, 1.54) is 0 Å². The molecule has 0 radical (unpaired) electrons. The van der Waals surface area contributed by atoms with Gasteiger partial charge in [-0.1, -0.05) is 0 Å². The summed E-state index contributed by atoms with van der Waals surface area (Å²) in [5.74, 6) is 1.33. The predicted octanol–water partition coefficient (Wildman–Crippen LogP) is 1.86. The summed E-state index contributed by atoms with van der Waals surface area (Å²) in [5.41, 5.74) is 2.75. The molecule has 1 N–H and O–H groups in total. The van der Waals surface area contributed by atoms with Gasteiger partial charge in [0.2, 0.25) is 5.95 Å². The molecule has 0 fully saturated rings. The van der Waals surface area contributed by atoms with Crippen molar-refractivity contribution in [2.24, 2.45) is 0 Å². The van der Waals surface area contributed by atoms with Crippen LogP contribution in [0.2, 0.25) is 0 Å². The fraction of sp³-hybridized carbons (Fsp3) is 0.250. The van der Waals surface area contributed by atoms with Gasteiger partial charge in [-0.05, 0) is 19.1 Å². The van der Waals surface area contributed by atoms with Crippen LogP contribution in [0.4, 0.5) is 5.95 Å². The molecule has 2 aromatic rings. The van der Waals surface area contributed by atoms with Gasteiger partial charge >= 0.3 is 0 Å². The van der Waals surface area contributed by atoms with E-state index in [2.05, 4.69) is 20.3 Å². The first-order valence-corrected chi connectivity index (χ1v) is 5.56. The summed E-state index contributed by atoms with van der Waals surface area (Å²) >= 11 is 0. The van der Waals surface area contributed by atoms with Crippen molar-refractivity contribution in [3.05, 3.63) is 30.2 Å². The molecule has 3 rings (SSSR count). The van der Waals surface area contributed by atoms with Crippen LogP contribution in [0.3, 0.4) is 0 Å². The van der Waals surface area contributed by atoms with Crippen molar-refractivity contribution in [2.45, 2.75) is 13.5 Å². The lowest BCUT2D eigenvalue weighted by Gasteiger charge is -2.18. The Kier molecular flexibility index (Phi) is 2.36. The minimum Gasteiger partial charge on any atom is -0.483 e. The summed E-state index contributed by atoms with van der Waals surface area (Å²) in [6, 6.07) is 3.91. The van der Waals surface area contributed by atoms with E-state index >= 15 is 0 Å². The molecule has 86 valence electrons. The Morgan fingerprint density at radius 2 is 2.35 bits per heavy atom. The molecule has 0 bridgehead atoms. The average Bonchev–Trinajstić information content (AvgIpc) is 2.39. The van der Waals surface area contributed by atoms with Crippen molar-refractivity contribution in [2.75, 3.05) is 11.9 Å². The van der Waals surface area contributed by atoms with Gasteiger partial charge in [0.05, 0.1) is 11.9 Å². The number of nitrogens with zero attached hydrogens (tertiary/aromatic N) is 3. The molecule has 0 aliphatic carbocycles. The van der Waals surface area contributed by atoms with Crippen LogP contribution >= 0.6 is 0 Å². The Morgan fingerprint density at radius 3 is 3.24 bits per heavy atom. The van der Waals surface area contributed by atoms with E-state index in [1.807, 2.05) is 19.1 Å². The van der Waals surface area contributed by atoms with Gasteiger partial charge in [0.25, 0.3) is 0 Å². The molecule has 17 heavy (non-hydrogen) atoms. The fourth-order valence-corrected chi connectivity index (χ4v) is 1.83. The number of nitrogens with one attached hydrogen (secondary N) is 1. The predicted molar refractivity (Wildman–Crippen MR) is 63.8 cm³/mol. The first-order valence-electron chi connectivity index (χ1n) is 5.56. The quantitative estimate of drug-likeness (QED) is 0.850. The Morgan fingerprint density at radius 1 is 1.41 bits per heavy atom. The lowest BCUT2D eigenvalue weighted by atomic mass is 10.1. The molecule has 0 spiro atoms. The summed E-state index contributed by atoms with van der Waals surface area (Å²) in [7, 11) is 0. The SMILES string of the molecule is CCNc1ncc2c(n1)-c1cccnc1CO2. The molecule has 5 heteroatoms. The molecule has 0 saturated carbocycles. The molecular weight excluding hydrogens is 216 g/mol. The molecule has 0 unspecified atom stereocenters. The zero-order valence-corrected chi connectivity index (χ0v) is 9.47. The van der Waals surface area contributed by atoms with E-state index in [-0.39, 0.29) is 0 Å².